The van der Waals surface area contributed by atoms with Gasteiger partial charge in [0.25, 0.3) is 0 Å². The van der Waals surface area contributed by atoms with Gasteiger partial charge in [0.15, 0.2) is 5.65 Å². The fraction of sp³-hybridized carbons (Fsp3) is 0.500. The number of carbonyl (C=O) groups excluding carboxylic acids is 1. The van der Waals surface area contributed by atoms with Crippen molar-refractivity contribution in [2.24, 2.45) is 11.7 Å². The molecule has 1 aliphatic rings. The van der Waals surface area contributed by atoms with Gasteiger partial charge < -0.3 is 10.6 Å². The molecule has 0 aliphatic carbocycles. The van der Waals surface area contributed by atoms with Crippen molar-refractivity contribution in [1.29, 1.82) is 0 Å². The lowest BCUT2D eigenvalue weighted by Crippen LogP contribution is -2.49. The van der Waals surface area contributed by atoms with Gasteiger partial charge >= 0.3 is 0 Å². The molecule has 7 heteroatoms. The number of amides is 1. The topological polar surface area (TPSA) is 76.5 Å². The lowest BCUT2D eigenvalue weighted by Gasteiger charge is -2.38. The molecule has 3 heterocycles. The SMILES string of the molecule is Cc1nc2c3ccccc3nn2c(C)c1CCC(=O)N1CCC(C)CC1CN.Cl. The zero-order valence-electron chi connectivity index (χ0n) is 17.4. The summed E-state index contributed by atoms with van der Waals surface area (Å²) in [7, 11) is 0. The number of hydrogen-bond donors (Lipinski definition) is 1. The normalized spacial score (nSPS) is 19.5. The van der Waals surface area contributed by atoms with Gasteiger partial charge in [-0.3, -0.25) is 4.79 Å². The Labute approximate surface area is 177 Å². The average molecular weight is 416 g/mol. The van der Waals surface area contributed by atoms with Crippen molar-refractivity contribution < 1.29 is 4.79 Å². The Bertz CT molecular complexity index is 1030. The number of likely N-dealkylation sites (tertiary alicyclic amines) is 1. The number of nitrogens with two attached hydrogens (primary N) is 1. The highest BCUT2D eigenvalue weighted by Gasteiger charge is 2.28. The van der Waals surface area contributed by atoms with E-state index in [-0.39, 0.29) is 24.4 Å². The van der Waals surface area contributed by atoms with Crippen LogP contribution in [0.1, 0.15) is 43.1 Å². The Morgan fingerprint density at radius 2 is 2.03 bits per heavy atom. The molecular weight excluding hydrogens is 386 g/mol. The van der Waals surface area contributed by atoms with Crippen LogP contribution >= 0.6 is 12.4 Å². The minimum atomic E-state index is 0. The van der Waals surface area contributed by atoms with Crippen LogP contribution < -0.4 is 5.73 Å². The molecule has 1 saturated heterocycles. The lowest BCUT2D eigenvalue weighted by atomic mass is 9.92. The van der Waals surface area contributed by atoms with Crippen LogP contribution in [0.25, 0.3) is 16.6 Å². The molecule has 156 valence electrons. The summed E-state index contributed by atoms with van der Waals surface area (Å²) in [4.78, 5) is 19.7. The smallest absolute Gasteiger partial charge is 0.223 e. The summed E-state index contributed by atoms with van der Waals surface area (Å²) in [6.45, 7) is 7.70. The maximum atomic E-state index is 12.9. The number of aromatic nitrogens is 3. The molecule has 3 aromatic rings. The maximum absolute atomic E-state index is 12.9. The van der Waals surface area contributed by atoms with Gasteiger partial charge in [0, 0.05) is 42.3 Å². The van der Waals surface area contributed by atoms with E-state index in [1.54, 1.807) is 0 Å². The standard InChI is InChI=1S/C22H29N5O.ClH/c1-14-10-11-26(17(12-14)13-23)21(28)9-8-18-15(2)24-22-19-6-4-5-7-20(19)25-27(22)16(18)3;/h4-7,14,17H,8-13,23H2,1-3H3;1H. The number of hydrogen-bond acceptors (Lipinski definition) is 4. The van der Waals surface area contributed by atoms with Crippen molar-refractivity contribution in [3.63, 3.8) is 0 Å². The van der Waals surface area contributed by atoms with E-state index in [0.717, 1.165) is 52.9 Å². The second kappa shape index (κ2) is 8.67. The van der Waals surface area contributed by atoms with Crippen LogP contribution in [0.5, 0.6) is 0 Å². The Hall–Kier alpha value is -2.18. The van der Waals surface area contributed by atoms with Crippen LogP contribution in [-0.4, -0.2) is 44.5 Å². The first-order valence-electron chi connectivity index (χ1n) is 10.2. The second-order valence-corrected chi connectivity index (χ2v) is 8.12. The molecule has 1 aromatic carbocycles. The van der Waals surface area contributed by atoms with E-state index < -0.39 is 0 Å². The van der Waals surface area contributed by atoms with E-state index in [1.165, 1.54) is 0 Å². The highest BCUT2D eigenvalue weighted by Crippen LogP contribution is 2.25. The zero-order chi connectivity index (χ0) is 19.8. The van der Waals surface area contributed by atoms with E-state index >= 15 is 0 Å². The fourth-order valence-electron chi connectivity index (χ4n) is 4.52. The van der Waals surface area contributed by atoms with Gasteiger partial charge in [0.05, 0.1) is 5.52 Å². The summed E-state index contributed by atoms with van der Waals surface area (Å²) in [6, 6.07) is 8.24. The van der Waals surface area contributed by atoms with Crippen LogP contribution in [0.3, 0.4) is 0 Å². The third-order valence-corrected chi connectivity index (χ3v) is 6.18. The predicted molar refractivity (Wildman–Crippen MR) is 118 cm³/mol. The molecular formula is C22H30ClN5O. The first-order valence-corrected chi connectivity index (χ1v) is 10.2. The lowest BCUT2D eigenvalue weighted by molar-refractivity contribution is -0.135. The number of aryl methyl sites for hydroxylation is 2. The monoisotopic (exact) mass is 415 g/mol. The quantitative estimate of drug-likeness (QED) is 0.708. The minimum Gasteiger partial charge on any atom is -0.338 e. The molecule has 1 amide bonds. The Morgan fingerprint density at radius 1 is 1.28 bits per heavy atom. The Kier molecular flexibility index (Phi) is 6.44. The van der Waals surface area contributed by atoms with Gasteiger partial charge in [-0.2, -0.15) is 5.10 Å². The largest absolute Gasteiger partial charge is 0.338 e. The zero-order valence-corrected chi connectivity index (χ0v) is 18.2. The van der Waals surface area contributed by atoms with Crippen molar-refractivity contribution in [2.45, 2.75) is 52.5 Å². The Balaban J connectivity index is 0.00000240. The van der Waals surface area contributed by atoms with Gasteiger partial charge in [-0.1, -0.05) is 19.1 Å². The number of nitrogens with zero attached hydrogens (tertiary/aromatic N) is 4. The van der Waals surface area contributed by atoms with E-state index in [2.05, 4.69) is 19.9 Å². The van der Waals surface area contributed by atoms with Crippen molar-refractivity contribution in [3.05, 3.63) is 41.2 Å². The van der Waals surface area contributed by atoms with E-state index in [4.69, 9.17) is 15.8 Å². The first kappa shape index (κ1) is 21.5. The van der Waals surface area contributed by atoms with Crippen LogP contribution in [-0.2, 0) is 11.2 Å². The number of halogens is 1. The number of rotatable bonds is 4. The number of piperidine rings is 1. The number of fused-ring (bicyclic) bond motifs is 3. The molecule has 2 atom stereocenters. The highest BCUT2D eigenvalue weighted by molar-refractivity contribution is 5.92. The van der Waals surface area contributed by atoms with Gasteiger partial charge in [-0.05, 0) is 56.7 Å². The van der Waals surface area contributed by atoms with E-state index in [0.29, 0.717) is 25.3 Å². The summed E-state index contributed by atoms with van der Waals surface area (Å²) < 4.78 is 1.92. The van der Waals surface area contributed by atoms with E-state index in [1.807, 2.05) is 34.5 Å². The molecule has 0 saturated carbocycles. The van der Waals surface area contributed by atoms with E-state index in [9.17, 15) is 4.79 Å². The number of carbonyl (C=O) groups is 1. The molecule has 2 N–H and O–H groups in total. The first-order chi connectivity index (χ1) is 13.5. The second-order valence-electron chi connectivity index (χ2n) is 8.12. The molecule has 4 rings (SSSR count). The molecule has 1 fully saturated rings. The highest BCUT2D eigenvalue weighted by atomic mass is 35.5. The molecule has 0 spiro atoms. The number of benzene rings is 1. The van der Waals surface area contributed by atoms with Crippen LogP contribution in [0.15, 0.2) is 24.3 Å². The minimum absolute atomic E-state index is 0. The molecule has 2 aromatic heterocycles. The molecule has 0 radical (unpaired) electrons. The summed E-state index contributed by atoms with van der Waals surface area (Å²) in [5.41, 5.74) is 10.9. The third-order valence-electron chi connectivity index (χ3n) is 6.18. The summed E-state index contributed by atoms with van der Waals surface area (Å²) in [5.74, 6) is 0.842. The van der Waals surface area contributed by atoms with Crippen molar-refractivity contribution in [3.8, 4) is 0 Å². The van der Waals surface area contributed by atoms with Crippen LogP contribution in [0, 0.1) is 19.8 Å². The van der Waals surface area contributed by atoms with Gasteiger partial charge in [0.1, 0.15) is 0 Å². The van der Waals surface area contributed by atoms with Crippen LogP contribution in [0.2, 0.25) is 0 Å². The predicted octanol–water partition coefficient (Wildman–Crippen LogP) is 3.44. The third kappa shape index (κ3) is 3.96. The van der Waals surface area contributed by atoms with Gasteiger partial charge in [0.2, 0.25) is 5.91 Å². The van der Waals surface area contributed by atoms with Crippen molar-refractivity contribution in [1.82, 2.24) is 19.5 Å². The summed E-state index contributed by atoms with van der Waals surface area (Å²) in [6.07, 6.45) is 3.24. The molecule has 1 aliphatic heterocycles. The van der Waals surface area contributed by atoms with Crippen LogP contribution in [0.4, 0.5) is 0 Å². The molecule has 29 heavy (non-hydrogen) atoms. The summed E-state index contributed by atoms with van der Waals surface area (Å²) >= 11 is 0. The molecule has 0 bridgehead atoms. The van der Waals surface area contributed by atoms with Crippen molar-refractivity contribution in [2.75, 3.05) is 13.1 Å². The van der Waals surface area contributed by atoms with Gasteiger partial charge in [-0.15, -0.1) is 12.4 Å². The maximum Gasteiger partial charge on any atom is 0.223 e. The fourth-order valence-corrected chi connectivity index (χ4v) is 4.52. The molecule has 2 unspecified atom stereocenters. The van der Waals surface area contributed by atoms with Gasteiger partial charge in [-0.25, -0.2) is 9.50 Å². The van der Waals surface area contributed by atoms with Crippen molar-refractivity contribution >= 4 is 34.9 Å². The molecule has 6 nitrogen and oxygen atoms in total. The summed E-state index contributed by atoms with van der Waals surface area (Å²) in [5, 5.41) is 5.77. The average Bonchev–Trinajstić information content (AvgIpc) is 3.06. The Morgan fingerprint density at radius 3 is 2.79 bits per heavy atom.